The second-order valence-corrected chi connectivity index (χ2v) is 7.49. The first-order chi connectivity index (χ1) is 9.73. The van der Waals surface area contributed by atoms with Gasteiger partial charge in [0, 0.05) is 12.1 Å². The van der Waals surface area contributed by atoms with Gasteiger partial charge in [0.25, 0.3) is 0 Å². The molecule has 21 heavy (non-hydrogen) atoms. The molecule has 0 radical (unpaired) electrons. The number of aliphatic hydroxyl groups excluding tert-OH is 2. The third-order valence-corrected chi connectivity index (χ3v) is 5.90. The molecule has 10 unspecified atom stereocenters. The van der Waals surface area contributed by atoms with Crippen LogP contribution in [0.25, 0.3) is 0 Å². The van der Waals surface area contributed by atoms with Gasteiger partial charge in [0.2, 0.25) is 0 Å². The Bertz CT molecular complexity index is 322. The van der Waals surface area contributed by atoms with Gasteiger partial charge in [-0.15, -0.1) is 0 Å². The van der Waals surface area contributed by atoms with Crippen molar-refractivity contribution in [3.05, 3.63) is 0 Å². The highest BCUT2D eigenvalue weighted by atomic mass is 16.5. The zero-order chi connectivity index (χ0) is 15.9. The molecule has 2 aliphatic rings. The van der Waals surface area contributed by atoms with E-state index in [4.69, 9.17) is 16.2 Å². The third-order valence-electron chi connectivity index (χ3n) is 5.90. The fraction of sp³-hybridized carbons (Fsp3) is 1.00. The van der Waals surface area contributed by atoms with E-state index >= 15 is 0 Å². The summed E-state index contributed by atoms with van der Waals surface area (Å²) >= 11 is 0. The maximum Gasteiger partial charge on any atom is 0.0721 e. The van der Waals surface area contributed by atoms with Crippen molar-refractivity contribution in [1.29, 1.82) is 0 Å². The van der Waals surface area contributed by atoms with E-state index in [1.54, 1.807) is 0 Å². The lowest BCUT2D eigenvalue weighted by Crippen LogP contribution is -2.57. The van der Waals surface area contributed by atoms with E-state index in [1.807, 2.05) is 13.8 Å². The quantitative estimate of drug-likeness (QED) is 0.594. The van der Waals surface area contributed by atoms with Crippen molar-refractivity contribution >= 4 is 0 Å². The number of aliphatic hydroxyl groups is 2. The SMILES string of the molecule is CC1CC(OC2CC(C)C(O)C(N)C2C)C(C)C(N)C1O. The predicted molar refractivity (Wildman–Crippen MR) is 82.5 cm³/mol. The number of ether oxygens (including phenoxy) is 1. The minimum absolute atomic E-state index is 0.0560. The summed E-state index contributed by atoms with van der Waals surface area (Å²) in [6, 6.07) is -0.483. The van der Waals surface area contributed by atoms with Crippen LogP contribution in [-0.4, -0.2) is 46.7 Å². The minimum atomic E-state index is -0.452. The molecule has 2 rings (SSSR count). The lowest BCUT2D eigenvalue weighted by Gasteiger charge is -2.46. The van der Waals surface area contributed by atoms with Crippen molar-refractivity contribution in [2.45, 2.75) is 77.0 Å². The van der Waals surface area contributed by atoms with Crippen molar-refractivity contribution in [3.63, 3.8) is 0 Å². The van der Waals surface area contributed by atoms with E-state index in [0.29, 0.717) is 0 Å². The third kappa shape index (κ3) is 3.27. The second-order valence-electron chi connectivity index (χ2n) is 7.49. The van der Waals surface area contributed by atoms with E-state index in [2.05, 4.69) is 13.8 Å². The van der Waals surface area contributed by atoms with E-state index in [1.165, 1.54) is 0 Å². The highest BCUT2D eigenvalue weighted by Gasteiger charge is 2.43. The smallest absolute Gasteiger partial charge is 0.0721 e. The number of rotatable bonds is 2. The number of hydrogen-bond acceptors (Lipinski definition) is 5. The molecule has 0 aromatic rings. The Kier molecular flexibility index (Phi) is 5.31. The molecule has 2 saturated carbocycles. The van der Waals surface area contributed by atoms with Crippen molar-refractivity contribution < 1.29 is 14.9 Å². The average Bonchev–Trinajstić information content (AvgIpc) is 2.45. The van der Waals surface area contributed by atoms with Crippen LogP contribution in [-0.2, 0) is 4.74 Å². The van der Waals surface area contributed by atoms with E-state index in [-0.39, 0.29) is 48.0 Å². The van der Waals surface area contributed by atoms with Gasteiger partial charge in [-0.2, -0.15) is 0 Å². The van der Waals surface area contributed by atoms with Crippen LogP contribution in [0.15, 0.2) is 0 Å². The van der Waals surface area contributed by atoms with Crippen LogP contribution in [0, 0.1) is 23.7 Å². The maximum absolute atomic E-state index is 10.1. The molecule has 0 heterocycles. The first kappa shape index (κ1) is 17.2. The van der Waals surface area contributed by atoms with E-state index in [9.17, 15) is 10.2 Å². The number of hydrogen-bond donors (Lipinski definition) is 4. The topological polar surface area (TPSA) is 102 Å². The second kappa shape index (κ2) is 6.50. The summed E-state index contributed by atoms with van der Waals surface area (Å²) in [6.45, 7) is 8.15. The maximum atomic E-state index is 10.1. The highest BCUT2D eigenvalue weighted by molar-refractivity contribution is 4.96. The molecule has 5 heteroatoms. The van der Waals surface area contributed by atoms with Crippen LogP contribution in [0.4, 0.5) is 0 Å². The lowest BCUT2D eigenvalue weighted by molar-refractivity contribution is -0.144. The molecule has 2 aliphatic carbocycles. The Morgan fingerprint density at radius 1 is 0.762 bits per heavy atom. The molecule has 6 N–H and O–H groups in total. The molecule has 0 spiro atoms. The molecular formula is C16H32N2O3. The summed E-state index contributed by atoms with van der Waals surface area (Å²) in [5, 5.41) is 20.2. The molecular weight excluding hydrogens is 268 g/mol. The Labute approximate surface area is 128 Å². The molecule has 0 aromatic carbocycles. The van der Waals surface area contributed by atoms with Gasteiger partial charge < -0.3 is 26.4 Å². The molecule has 10 atom stereocenters. The van der Waals surface area contributed by atoms with Crippen LogP contribution in [0.3, 0.4) is 0 Å². The Balaban J connectivity index is 2.03. The molecule has 5 nitrogen and oxygen atoms in total. The fourth-order valence-electron chi connectivity index (χ4n) is 3.90. The predicted octanol–water partition coefficient (Wildman–Crippen LogP) is 0.468. The van der Waals surface area contributed by atoms with Crippen molar-refractivity contribution in [3.8, 4) is 0 Å². The molecule has 0 amide bonds. The van der Waals surface area contributed by atoms with Gasteiger partial charge in [-0.25, -0.2) is 0 Å². The summed E-state index contributed by atoms with van der Waals surface area (Å²) in [7, 11) is 0. The Morgan fingerprint density at radius 2 is 1.10 bits per heavy atom. The standard InChI is InChI=1S/C16H32N2O3/c1-7-5-11(9(3)13(17)15(7)19)21-12-6-8(2)16(20)14(18)10(12)4/h7-16,19-20H,5-6,17-18H2,1-4H3. The van der Waals surface area contributed by atoms with Crippen LogP contribution < -0.4 is 11.5 Å². The number of nitrogens with two attached hydrogens (primary N) is 2. The van der Waals surface area contributed by atoms with Gasteiger partial charge in [-0.1, -0.05) is 27.7 Å². The van der Waals surface area contributed by atoms with Gasteiger partial charge in [0.1, 0.15) is 0 Å². The minimum Gasteiger partial charge on any atom is -0.391 e. The van der Waals surface area contributed by atoms with Gasteiger partial charge in [-0.3, -0.25) is 0 Å². The Hall–Kier alpha value is -0.200. The normalized spacial score (nSPS) is 55.4. The summed E-state index contributed by atoms with van der Waals surface area (Å²) in [5.74, 6) is 0.553. The first-order valence-electron chi connectivity index (χ1n) is 8.26. The van der Waals surface area contributed by atoms with Crippen molar-refractivity contribution in [1.82, 2.24) is 0 Å². The fourth-order valence-corrected chi connectivity index (χ4v) is 3.90. The van der Waals surface area contributed by atoms with Gasteiger partial charge in [0.05, 0.1) is 24.4 Å². The highest BCUT2D eigenvalue weighted by Crippen LogP contribution is 2.36. The van der Waals surface area contributed by atoms with E-state index in [0.717, 1.165) is 12.8 Å². The van der Waals surface area contributed by atoms with Crippen LogP contribution >= 0.6 is 0 Å². The summed E-state index contributed by atoms with van der Waals surface area (Å²) in [5.41, 5.74) is 12.2. The average molecular weight is 300 g/mol. The summed E-state index contributed by atoms with van der Waals surface area (Å²) in [6.07, 6.45) is 0.857. The zero-order valence-corrected chi connectivity index (χ0v) is 13.6. The summed E-state index contributed by atoms with van der Waals surface area (Å²) in [4.78, 5) is 0. The van der Waals surface area contributed by atoms with Crippen LogP contribution in [0.5, 0.6) is 0 Å². The monoisotopic (exact) mass is 300 g/mol. The first-order valence-corrected chi connectivity index (χ1v) is 8.26. The summed E-state index contributed by atoms with van der Waals surface area (Å²) < 4.78 is 6.35. The Morgan fingerprint density at radius 3 is 1.43 bits per heavy atom. The lowest BCUT2D eigenvalue weighted by atomic mass is 9.74. The van der Waals surface area contributed by atoms with E-state index < -0.39 is 12.2 Å². The largest absolute Gasteiger partial charge is 0.391 e. The molecule has 124 valence electrons. The molecule has 0 bridgehead atoms. The van der Waals surface area contributed by atoms with Gasteiger partial charge in [-0.05, 0) is 36.5 Å². The van der Waals surface area contributed by atoms with Gasteiger partial charge >= 0.3 is 0 Å². The molecule has 0 aliphatic heterocycles. The van der Waals surface area contributed by atoms with Crippen molar-refractivity contribution in [2.24, 2.45) is 35.1 Å². The molecule has 0 aromatic heterocycles. The van der Waals surface area contributed by atoms with Gasteiger partial charge in [0.15, 0.2) is 0 Å². The van der Waals surface area contributed by atoms with Crippen LogP contribution in [0.2, 0.25) is 0 Å². The zero-order valence-electron chi connectivity index (χ0n) is 13.6. The van der Waals surface area contributed by atoms with Crippen molar-refractivity contribution in [2.75, 3.05) is 0 Å². The molecule has 0 saturated heterocycles. The molecule has 2 fully saturated rings. The van der Waals surface area contributed by atoms with Crippen LogP contribution in [0.1, 0.15) is 40.5 Å².